The van der Waals surface area contributed by atoms with Crippen molar-refractivity contribution in [1.82, 2.24) is 0 Å². The Morgan fingerprint density at radius 1 is 1.54 bits per heavy atom. The van der Waals surface area contributed by atoms with Gasteiger partial charge in [0.05, 0.1) is 4.47 Å². The van der Waals surface area contributed by atoms with Crippen molar-refractivity contribution in [2.45, 2.75) is 6.10 Å². The van der Waals surface area contributed by atoms with Gasteiger partial charge in [-0.15, -0.1) is 0 Å². The first-order valence-corrected chi connectivity index (χ1v) is 4.18. The van der Waals surface area contributed by atoms with E-state index < -0.39 is 17.9 Å². The molecule has 13 heavy (non-hydrogen) atoms. The maximum absolute atomic E-state index is 13.1. The van der Waals surface area contributed by atoms with E-state index in [1.54, 1.807) is 0 Å². The second-order valence-electron chi connectivity index (χ2n) is 2.38. The summed E-state index contributed by atoms with van der Waals surface area (Å²) in [6, 6.07) is 4.10. The number of halogens is 2. The van der Waals surface area contributed by atoms with E-state index >= 15 is 0 Å². The van der Waals surface area contributed by atoms with E-state index in [1.165, 1.54) is 18.2 Å². The summed E-state index contributed by atoms with van der Waals surface area (Å²) >= 11 is 2.88. The Balaban J connectivity index is 3.15. The maximum Gasteiger partial charge on any atom is 0.337 e. The number of carboxylic acids is 1. The predicted octanol–water partition coefficient (Wildman–Crippen LogP) is 1.71. The van der Waals surface area contributed by atoms with Crippen LogP contribution in [0.2, 0.25) is 0 Å². The molecule has 3 nitrogen and oxygen atoms in total. The van der Waals surface area contributed by atoms with Crippen molar-refractivity contribution < 1.29 is 19.4 Å². The molecule has 2 N–H and O–H groups in total. The zero-order valence-corrected chi connectivity index (χ0v) is 7.95. The van der Waals surface area contributed by atoms with Gasteiger partial charge in [-0.05, 0) is 22.0 Å². The molecule has 0 saturated heterocycles. The van der Waals surface area contributed by atoms with Gasteiger partial charge < -0.3 is 10.2 Å². The summed E-state index contributed by atoms with van der Waals surface area (Å²) in [6.07, 6.45) is -1.82. The normalized spacial score (nSPS) is 12.5. The van der Waals surface area contributed by atoms with Gasteiger partial charge in [0.15, 0.2) is 6.10 Å². The summed E-state index contributed by atoms with van der Waals surface area (Å²) in [5, 5.41) is 17.5. The number of aliphatic hydroxyl groups excluding tert-OH is 1. The minimum Gasteiger partial charge on any atom is -0.479 e. The molecule has 0 aliphatic heterocycles. The molecule has 0 fully saturated rings. The Morgan fingerprint density at radius 2 is 2.15 bits per heavy atom. The number of aliphatic carboxylic acids is 1. The van der Waals surface area contributed by atoms with Gasteiger partial charge in [-0.1, -0.05) is 12.1 Å². The van der Waals surface area contributed by atoms with E-state index in [2.05, 4.69) is 15.9 Å². The van der Waals surface area contributed by atoms with Crippen LogP contribution in [0.15, 0.2) is 22.7 Å². The van der Waals surface area contributed by atoms with Crippen LogP contribution < -0.4 is 0 Å². The first-order chi connectivity index (χ1) is 6.04. The highest BCUT2D eigenvalue weighted by molar-refractivity contribution is 9.10. The number of benzene rings is 1. The van der Waals surface area contributed by atoms with E-state index in [0.717, 1.165) is 0 Å². The van der Waals surface area contributed by atoms with Gasteiger partial charge in [0.25, 0.3) is 0 Å². The molecule has 1 rings (SSSR count). The average molecular weight is 249 g/mol. The molecule has 0 radical (unpaired) electrons. The van der Waals surface area contributed by atoms with Gasteiger partial charge in [0.2, 0.25) is 0 Å². The van der Waals surface area contributed by atoms with Crippen LogP contribution in [0.1, 0.15) is 11.7 Å². The van der Waals surface area contributed by atoms with Crippen LogP contribution in [-0.4, -0.2) is 16.2 Å². The molecule has 0 spiro atoms. The number of rotatable bonds is 2. The average Bonchev–Trinajstić information content (AvgIpc) is 2.08. The first-order valence-electron chi connectivity index (χ1n) is 3.39. The molecule has 0 unspecified atom stereocenters. The highest BCUT2D eigenvalue weighted by Gasteiger charge is 2.20. The fraction of sp³-hybridized carbons (Fsp3) is 0.125. The van der Waals surface area contributed by atoms with Crippen molar-refractivity contribution in [3.05, 3.63) is 34.1 Å². The number of aliphatic hydroxyl groups is 1. The van der Waals surface area contributed by atoms with Gasteiger partial charge >= 0.3 is 5.97 Å². The molecule has 1 atom stereocenters. The molecule has 0 heterocycles. The van der Waals surface area contributed by atoms with E-state index in [0.29, 0.717) is 0 Å². The van der Waals surface area contributed by atoms with Crippen LogP contribution >= 0.6 is 15.9 Å². The van der Waals surface area contributed by atoms with E-state index in [-0.39, 0.29) is 10.0 Å². The maximum atomic E-state index is 13.1. The lowest BCUT2D eigenvalue weighted by Gasteiger charge is -2.07. The second-order valence-corrected chi connectivity index (χ2v) is 3.24. The van der Waals surface area contributed by atoms with Gasteiger partial charge in [0.1, 0.15) is 5.82 Å². The molecule has 0 aliphatic carbocycles. The zero-order valence-electron chi connectivity index (χ0n) is 6.37. The molecule has 5 heteroatoms. The van der Waals surface area contributed by atoms with Gasteiger partial charge in [-0.2, -0.15) is 0 Å². The van der Waals surface area contributed by atoms with Gasteiger partial charge in [-0.25, -0.2) is 9.18 Å². The highest BCUT2D eigenvalue weighted by atomic mass is 79.9. The minimum atomic E-state index is -1.82. The molecule has 0 aromatic heterocycles. The summed E-state index contributed by atoms with van der Waals surface area (Å²) in [6.45, 7) is 0. The van der Waals surface area contributed by atoms with Crippen molar-refractivity contribution in [2.75, 3.05) is 0 Å². The first kappa shape index (κ1) is 10.1. The predicted molar refractivity (Wildman–Crippen MR) is 46.7 cm³/mol. The third kappa shape index (κ3) is 2.05. The van der Waals surface area contributed by atoms with E-state index in [1.807, 2.05) is 0 Å². The molecule has 0 bridgehead atoms. The topological polar surface area (TPSA) is 57.5 Å². The Morgan fingerprint density at radius 3 is 2.69 bits per heavy atom. The Kier molecular flexibility index (Phi) is 3.00. The zero-order chi connectivity index (χ0) is 10.0. The lowest BCUT2D eigenvalue weighted by Crippen LogP contribution is -2.12. The molecule has 0 amide bonds. The van der Waals surface area contributed by atoms with Crippen molar-refractivity contribution in [1.29, 1.82) is 0 Å². The van der Waals surface area contributed by atoms with Crippen molar-refractivity contribution in [3.8, 4) is 0 Å². The molecule has 1 aromatic rings. The largest absolute Gasteiger partial charge is 0.479 e. The van der Waals surface area contributed by atoms with Crippen LogP contribution in [0.3, 0.4) is 0 Å². The van der Waals surface area contributed by atoms with Crippen molar-refractivity contribution in [2.24, 2.45) is 0 Å². The molecule has 0 aliphatic rings. The third-order valence-corrected chi connectivity index (χ3v) is 2.12. The Labute approximate surface area is 81.9 Å². The van der Waals surface area contributed by atoms with Crippen LogP contribution in [0.4, 0.5) is 4.39 Å². The van der Waals surface area contributed by atoms with Gasteiger partial charge in [0, 0.05) is 5.56 Å². The fourth-order valence-electron chi connectivity index (χ4n) is 0.865. The summed E-state index contributed by atoms with van der Waals surface area (Å²) < 4.78 is 13.3. The minimum absolute atomic E-state index is 0.130. The summed E-state index contributed by atoms with van der Waals surface area (Å²) in [4.78, 5) is 10.3. The molecule has 70 valence electrons. The van der Waals surface area contributed by atoms with E-state index in [9.17, 15) is 9.18 Å². The van der Waals surface area contributed by atoms with Crippen LogP contribution in [0.25, 0.3) is 0 Å². The van der Waals surface area contributed by atoms with Crippen LogP contribution in [0.5, 0.6) is 0 Å². The van der Waals surface area contributed by atoms with E-state index in [4.69, 9.17) is 10.2 Å². The number of hydrogen-bond acceptors (Lipinski definition) is 2. The molecular weight excluding hydrogens is 243 g/mol. The number of carboxylic acid groups (broad SMARTS) is 1. The third-order valence-electron chi connectivity index (χ3n) is 1.51. The van der Waals surface area contributed by atoms with Crippen molar-refractivity contribution >= 4 is 21.9 Å². The number of hydrogen-bond donors (Lipinski definition) is 2. The monoisotopic (exact) mass is 248 g/mol. The van der Waals surface area contributed by atoms with Crippen molar-refractivity contribution in [3.63, 3.8) is 0 Å². The molecular formula is C8H6BrFO3. The SMILES string of the molecule is O=C(O)[C@@H](O)c1cccc(Br)c1F. The fourth-order valence-corrected chi connectivity index (χ4v) is 1.25. The standard InChI is InChI=1S/C8H6BrFO3/c9-5-3-1-2-4(6(5)10)7(11)8(12)13/h1-3,7,11H,(H,12,13)/t7-/m0/s1. The van der Waals surface area contributed by atoms with Crippen LogP contribution in [0, 0.1) is 5.82 Å². The number of carbonyl (C=O) groups is 1. The summed E-state index contributed by atoms with van der Waals surface area (Å²) in [5.41, 5.74) is -0.248. The second kappa shape index (κ2) is 3.85. The Hall–Kier alpha value is -0.940. The molecule has 0 saturated carbocycles. The lowest BCUT2D eigenvalue weighted by atomic mass is 10.1. The summed E-state index contributed by atoms with van der Waals surface area (Å²) in [7, 11) is 0. The van der Waals surface area contributed by atoms with Crippen LogP contribution in [-0.2, 0) is 4.79 Å². The van der Waals surface area contributed by atoms with Gasteiger partial charge in [-0.3, -0.25) is 0 Å². The smallest absolute Gasteiger partial charge is 0.337 e. The lowest BCUT2D eigenvalue weighted by molar-refractivity contribution is -0.147. The summed E-state index contributed by atoms with van der Waals surface area (Å²) in [5.74, 6) is -2.23. The Bertz CT molecular complexity index is 340. The quantitative estimate of drug-likeness (QED) is 0.838. The highest BCUT2D eigenvalue weighted by Crippen LogP contribution is 2.23. The molecule has 1 aromatic carbocycles.